The molecule has 1 amide bonds. The van der Waals surface area contributed by atoms with Gasteiger partial charge in [-0.05, 0) is 85.8 Å². The van der Waals surface area contributed by atoms with Crippen molar-refractivity contribution in [2.45, 2.75) is 49.6 Å². The molecular weight excluding hydrogens is 322 g/mol. The highest BCUT2D eigenvalue weighted by Gasteiger charge is 2.56. The Balaban J connectivity index is 1.35. The minimum absolute atomic E-state index is 0.0387. The summed E-state index contributed by atoms with van der Waals surface area (Å²) in [6.07, 6.45) is 10.3. The van der Waals surface area contributed by atoms with E-state index >= 15 is 0 Å². The van der Waals surface area contributed by atoms with E-state index in [-0.39, 0.29) is 17.0 Å². The monoisotopic (exact) mass is 347 g/mol. The first-order valence-electron chi connectivity index (χ1n) is 9.65. The topological polar surface area (TPSA) is 68.0 Å². The largest absolute Gasteiger partial charge is 0.347 e. The van der Waals surface area contributed by atoms with Crippen LogP contribution in [0, 0.1) is 11.8 Å². The molecule has 4 fully saturated rings. The molecular formula is C22H25N3O. The van der Waals surface area contributed by atoms with E-state index in [4.69, 9.17) is 5.73 Å². The minimum atomic E-state index is -0.0836. The van der Waals surface area contributed by atoms with Gasteiger partial charge in [0.15, 0.2) is 0 Å². The van der Waals surface area contributed by atoms with Crippen molar-refractivity contribution in [3.8, 4) is 11.1 Å². The SMILES string of the molecule is NC12C[C@H]3C[C@@H](C1)CC(NC(=O)c1ccc(-c4ccncc4)cc1)(C3)C2. The first-order valence-corrected chi connectivity index (χ1v) is 9.65. The van der Waals surface area contributed by atoms with E-state index in [1.54, 1.807) is 12.4 Å². The fourth-order valence-corrected chi connectivity index (χ4v) is 6.15. The number of nitrogens with zero attached hydrogens (tertiary/aromatic N) is 1. The molecule has 1 heterocycles. The van der Waals surface area contributed by atoms with Gasteiger partial charge in [-0.25, -0.2) is 0 Å². The van der Waals surface area contributed by atoms with Gasteiger partial charge in [0.05, 0.1) is 0 Å². The van der Waals surface area contributed by atoms with Crippen molar-refractivity contribution in [1.29, 1.82) is 0 Å². The van der Waals surface area contributed by atoms with Gasteiger partial charge in [0.25, 0.3) is 5.91 Å². The molecule has 0 spiro atoms. The fourth-order valence-electron chi connectivity index (χ4n) is 6.15. The fraction of sp³-hybridized carbons (Fsp3) is 0.455. The summed E-state index contributed by atoms with van der Waals surface area (Å²) in [6.45, 7) is 0. The molecule has 2 unspecified atom stereocenters. The van der Waals surface area contributed by atoms with Gasteiger partial charge < -0.3 is 11.1 Å². The van der Waals surface area contributed by atoms with Crippen molar-refractivity contribution in [2.24, 2.45) is 17.6 Å². The Morgan fingerprint density at radius 3 is 2.19 bits per heavy atom. The third-order valence-corrected chi connectivity index (χ3v) is 6.65. The van der Waals surface area contributed by atoms with Gasteiger partial charge in [0.2, 0.25) is 0 Å². The van der Waals surface area contributed by atoms with Gasteiger partial charge in [-0.2, -0.15) is 0 Å². The smallest absolute Gasteiger partial charge is 0.251 e. The molecule has 4 saturated carbocycles. The number of rotatable bonds is 3. The molecule has 134 valence electrons. The third-order valence-electron chi connectivity index (χ3n) is 6.65. The maximum Gasteiger partial charge on any atom is 0.251 e. The lowest BCUT2D eigenvalue weighted by Gasteiger charge is -2.61. The molecule has 4 aliphatic carbocycles. The molecule has 3 N–H and O–H groups in total. The average molecular weight is 347 g/mol. The molecule has 6 rings (SSSR count). The molecule has 26 heavy (non-hydrogen) atoms. The highest BCUT2D eigenvalue weighted by molar-refractivity contribution is 5.95. The molecule has 4 bridgehead atoms. The zero-order chi connectivity index (χ0) is 17.8. The maximum atomic E-state index is 12.9. The van der Waals surface area contributed by atoms with Crippen LogP contribution in [-0.4, -0.2) is 22.0 Å². The third kappa shape index (κ3) is 2.73. The molecule has 1 aromatic carbocycles. The van der Waals surface area contributed by atoms with E-state index < -0.39 is 0 Å². The van der Waals surface area contributed by atoms with Crippen LogP contribution in [0.3, 0.4) is 0 Å². The summed E-state index contributed by atoms with van der Waals surface area (Å²) in [7, 11) is 0. The highest BCUT2D eigenvalue weighted by Crippen LogP contribution is 2.56. The number of hydrogen-bond donors (Lipinski definition) is 2. The summed E-state index contributed by atoms with van der Waals surface area (Å²) in [5.74, 6) is 1.42. The highest BCUT2D eigenvalue weighted by atomic mass is 16.1. The Labute approximate surface area is 154 Å². The van der Waals surface area contributed by atoms with Crippen molar-refractivity contribution in [3.63, 3.8) is 0 Å². The molecule has 4 atom stereocenters. The first kappa shape index (κ1) is 16.0. The van der Waals surface area contributed by atoms with E-state index in [9.17, 15) is 4.79 Å². The number of benzene rings is 1. The van der Waals surface area contributed by atoms with E-state index in [1.165, 1.54) is 6.42 Å². The van der Waals surface area contributed by atoms with Crippen molar-refractivity contribution in [1.82, 2.24) is 10.3 Å². The van der Waals surface area contributed by atoms with E-state index in [0.717, 1.165) is 48.8 Å². The Morgan fingerprint density at radius 2 is 1.58 bits per heavy atom. The summed E-state index contributed by atoms with van der Waals surface area (Å²) in [5, 5.41) is 3.40. The Kier molecular flexibility index (Phi) is 3.48. The normalized spacial score (nSPS) is 34.7. The number of carbonyl (C=O) groups is 1. The quantitative estimate of drug-likeness (QED) is 0.892. The number of carbonyl (C=O) groups excluding carboxylic acids is 1. The van der Waals surface area contributed by atoms with E-state index in [2.05, 4.69) is 10.3 Å². The van der Waals surface area contributed by atoms with Gasteiger partial charge in [0, 0.05) is 29.0 Å². The van der Waals surface area contributed by atoms with Gasteiger partial charge in [0.1, 0.15) is 0 Å². The van der Waals surface area contributed by atoms with Gasteiger partial charge in [-0.3, -0.25) is 9.78 Å². The van der Waals surface area contributed by atoms with E-state index in [1.807, 2.05) is 36.4 Å². The van der Waals surface area contributed by atoms with Crippen LogP contribution in [0.15, 0.2) is 48.8 Å². The number of pyridine rings is 1. The van der Waals surface area contributed by atoms with Crippen molar-refractivity contribution in [3.05, 3.63) is 54.4 Å². The van der Waals surface area contributed by atoms with E-state index in [0.29, 0.717) is 11.8 Å². The van der Waals surface area contributed by atoms with Crippen LogP contribution in [0.25, 0.3) is 11.1 Å². The van der Waals surface area contributed by atoms with Gasteiger partial charge >= 0.3 is 0 Å². The second-order valence-electron chi connectivity index (χ2n) is 8.87. The zero-order valence-electron chi connectivity index (χ0n) is 14.9. The number of nitrogens with two attached hydrogens (primary N) is 1. The minimum Gasteiger partial charge on any atom is -0.347 e. The summed E-state index contributed by atoms with van der Waals surface area (Å²) >= 11 is 0. The molecule has 4 heteroatoms. The number of aromatic nitrogens is 1. The van der Waals surface area contributed by atoms with Crippen LogP contribution >= 0.6 is 0 Å². The van der Waals surface area contributed by atoms with Gasteiger partial charge in [-0.15, -0.1) is 0 Å². The standard InChI is InChI=1S/C22H25N3O/c23-21-10-15-9-16(11-21)13-22(12-15,14-21)25-20(26)19-3-1-17(2-4-19)18-5-7-24-8-6-18/h1-8,15-16H,9-14,23H2,(H,25,26)/t15-,16+,21?,22?. The second-order valence-corrected chi connectivity index (χ2v) is 8.87. The van der Waals surface area contributed by atoms with Crippen LogP contribution in [0.5, 0.6) is 0 Å². The van der Waals surface area contributed by atoms with Crippen LogP contribution in [0.2, 0.25) is 0 Å². The summed E-state index contributed by atoms with van der Waals surface area (Å²) < 4.78 is 0. The maximum absolute atomic E-state index is 12.9. The number of hydrogen-bond acceptors (Lipinski definition) is 3. The van der Waals surface area contributed by atoms with Crippen LogP contribution in [0.1, 0.15) is 48.9 Å². The number of amides is 1. The molecule has 0 saturated heterocycles. The lowest BCUT2D eigenvalue weighted by molar-refractivity contribution is -0.0320. The molecule has 0 aliphatic heterocycles. The first-order chi connectivity index (χ1) is 12.5. The summed E-state index contributed by atoms with van der Waals surface area (Å²) in [4.78, 5) is 17.0. The zero-order valence-corrected chi connectivity index (χ0v) is 14.9. The number of nitrogens with one attached hydrogen (secondary N) is 1. The molecule has 0 radical (unpaired) electrons. The van der Waals surface area contributed by atoms with Crippen LogP contribution < -0.4 is 11.1 Å². The molecule has 4 nitrogen and oxygen atoms in total. The second kappa shape index (κ2) is 5.65. The van der Waals surface area contributed by atoms with Crippen molar-refractivity contribution in [2.75, 3.05) is 0 Å². The molecule has 2 aromatic rings. The van der Waals surface area contributed by atoms with Crippen LogP contribution in [-0.2, 0) is 0 Å². The Hall–Kier alpha value is -2.20. The summed E-state index contributed by atoms with van der Waals surface area (Å²) in [5.41, 5.74) is 9.44. The lowest BCUT2D eigenvalue weighted by atomic mass is 9.50. The predicted molar refractivity (Wildman–Crippen MR) is 101 cm³/mol. The van der Waals surface area contributed by atoms with Crippen molar-refractivity contribution >= 4 is 5.91 Å². The lowest BCUT2D eigenvalue weighted by Crippen LogP contribution is -2.68. The van der Waals surface area contributed by atoms with Gasteiger partial charge in [-0.1, -0.05) is 12.1 Å². The Bertz CT molecular complexity index is 816. The Morgan fingerprint density at radius 1 is 0.962 bits per heavy atom. The van der Waals surface area contributed by atoms with Crippen molar-refractivity contribution < 1.29 is 4.79 Å². The molecule has 1 aromatic heterocycles. The average Bonchev–Trinajstić information content (AvgIpc) is 2.60. The summed E-state index contributed by atoms with van der Waals surface area (Å²) in [6, 6.07) is 11.8. The molecule has 4 aliphatic rings. The van der Waals surface area contributed by atoms with Crippen LogP contribution in [0.4, 0.5) is 0 Å². The predicted octanol–water partition coefficient (Wildman–Crippen LogP) is 3.53.